The number of rotatable bonds is 1. The molecule has 1 aliphatic carbocycles. The topological polar surface area (TPSA) is 20.5 Å². The van der Waals surface area contributed by atoms with Crippen molar-refractivity contribution in [2.75, 3.05) is 6.54 Å². The number of fused-ring (bicyclic) bond motifs is 5. The number of nitrogens with zero attached hydrogens (tertiary/aromatic N) is 3. The highest BCUT2D eigenvalue weighted by molar-refractivity contribution is 7.17. The lowest BCUT2D eigenvalue weighted by Crippen LogP contribution is -2.36. The van der Waals surface area contributed by atoms with Crippen LogP contribution in [0, 0.1) is 0 Å². The molecule has 2 aromatic rings. The summed E-state index contributed by atoms with van der Waals surface area (Å²) in [6.07, 6.45) is 6.35. The van der Waals surface area contributed by atoms with Crippen molar-refractivity contribution in [2.24, 2.45) is 0 Å². The minimum Gasteiger partial charge on any atom is -0.295 e. The molecule has 0 amide bonds. The van der Waals surface area contributed by atoms with Crippen LogP contribution in [-0.4, -0.2) is 26.9 Å². The molecule has 2 aliphatic rings. The van der Waals surface area contributed by atoms with Crippen molar-refractivity contribution in [2.45, 2.75) is 58.5 Å². The van der Waals surface area contributed by atoms with E-state index in [1.165, 1.54) is 42.0 Å². The molecule has 19 heavy (non-hydrogen) atoms. The molecule has 0 atom stereocenters. The summed E-state index contributed by atoms with van der Waals surface area (Å²) in [5.74, 6) is 0. The van der Waals surface area contributed by atoms with Crippen LogP contribution in [0.3, 0.4) is 0 Å². The average Bonchev–Trinajstić information content (AvgIpc) is 2.92. The fourth-order valence-electron chi connectivity index (χ4n) is 3.46. The molecule has 0 N–H and O–H groups in total. The van der Waals surface area contributed by atoms with Gasteiger partial charge in [-0.15, -0.1) is 11.3 Å². The second-order valence-corrected chi connectivity index (χ2v) is 7.18. The molecule has 0 radical (unpaired) electrons. The van der Waals surface area contributed by atoms with Crippen molar-refractivity contribution >= 4 is 16.3 Å². The normalized spacial score (nSPS) is 19.9. The summed E-state index contributed by atoms with van der Waals surface area (Å²) >= 11 is 1.94. The summed E-state index contributed by atoms with van der Waals surface area (Å²) in [4.78, 5) is 10.3. The zero-order valence-electron chi connectivity index (χ0n) is 11.8. The predicted molar refractivity (Wildman–Crippen MR) is 79.0 cm³/mol. The van der Waals surface area contributed by atoms with Gasteiger partial charge in [0.1, 0.15) is 0 Å². The molecule has 0 bridgehead atoms. The summed E-state index contributed by atoms with van der Waals surface area (Å²) in [5, 5.41) is 0. The van der Waals surface area contributed by atoms with E-state index in [2.05, 4.69) is 23.1 Å². The SMILES string of the molecule is CC(C)N1CCc2nc3sc4c(n3c2C1)CCCC4. The van der Waals surface area contributed by atoms with Gasteiger partial charge in [-0.25, -0.2) is 4.98 Å². The van der Waals surface area contributed by atoms with Crippen molar-refractivity contribution in [1.29, 1.82) is 0 Å². The smallest absolute Gasteiger partial charge is 0.194 e. The van der Waals surface area contributed by atoms with Crippen LogP contribution >= 0.6 is 11.3 Å². The van der Waals surface area contributed by atoms with Gasteiger partial charge in [0, 0.05) is 36.1 Å². The second-order valence-electron chi connectivity index (χ2n) is 6.12. The first kappa shape index (κ1) is 11.9. The number of thiazole rings is 1. The maximum Gasteiger partial charge on any atom is 0.194 e. The number of imidazole rings is 1. The molecule has 102 valence electrons. The van der Waals surface area contributed by atoms with Gasteiger partial charge in [0.15, 0.2) is 4.96 Å². The Labute approximate surface area is 118 Å². The molecular formula is C15H21N3S. The molecule has 0 unspecified atom stereocenters. The monoisotopic (exact) mass is 275 g/mol. The van der Waals surface area contributed by atoms with Crippen molar-refractivity contribution < 1.29 is 0 Å². The van der Waals surface area contributed by atoms with E-state index in [-0.39, 0.29) is 0 Å². The number of hydrogen-bond donors (Lipinski definition) is 0. The summed E-state index contributed by atoms with van der Waals surface area (Å²) in [5.41, 5.74) is 4.41. The fraction of sp³-hybridized carbons (Fsp3) is 0.667. The lowest BCUT2D eigenvalue weighted by molar-refractivity contribution is 0.199. The first-order chi connectivity index (χ1) is 9.24. The number of aromatic nitrogens is 2. The van der Waals surface area contributed by atoms with Gasteiger partial charge < -0.3 is 0 Å². The maximum absolute atomic E-state index is 4.91. The molecule has 4 rings (SSSR count). The van der Waals surface area contributed by atoms with Crippen molar-refractivity contribution in [3.05, 3.63) is 22.0 Å². The Morgan fingerprint density at radius 2 is 1.95 bits per heavy atom. The van der Waals surface area contributed by atoms with Gasteiger partial charge in [0.05, 0.1) is 11.4 Å². The highest BCUT2D eigenvalue weighted by Crippen LogP contribution is 2.33. The Morgan fingerprint density at radius 3 is 2.79 bits per heavy atom. The molecule has 0 aromatic carbocycles. The Morgan fingerprint density at radius 1 is 1.11 bits per heavy atom. The summed E-state index contributed by atoms with van der Waals surface area (Å²) in [7, 11) is 0. The van der Waals surface area contributed by atoms with E-state index >= 15 is 0 Å². The van der Waals surface area contributed by atoms with E-state index in [1.54, 1.807) is 10.6 Å². The van der Waals surface area contributed by atoms with Crippen molar-refractivity contribution in [3.63, 3.8) is 0 Å². The van der Waals surface area contributed by atoms with E-state index in [1.807, 2.05) is 11.3 Å². The zero-order valence-corrected chi connectivity index (χ0v) is 12.6. The second kappa shape index (κ2) is 4.32. The minimum absolute atomic E-state index is 0.633. The first-order valence-corrected chi connectivity index (χ1v) is 8.30. The number of hydrogen-bond acceptors (Lipinski definition) is 3. The van der Waals surface area contributed by atoms with Crippen LogP contribution in [-0.2, 0) is 25.8 Å². The third-order valence-corrected chi connectivity index (χ3v) is 5.76. The highest BCUT2D eigenvalue weighted by atomic mass is 32.1. The van der Waals surface area contributed by atoms with E-state index in [9.17, 15) is 0 Å². The fourth-order valence-corrected chi connectivity index (χ4v) is 4.71. The molecule has 4 heteroatoms. The van der Waals surface area contributed by atoms with Crippen LogP contribution in [0.1, 0.15) is 48.6 Å². The lowest BCUT2D eigenvalue weighted by Gasteiger charge is -2.30. The quantitative estimate of drug-likeness (QED) is 0.797. The molecule has 1 aliphatic heterocycles. The minimum atomic E-state index is 0.633. The van der Waals surface area contributed by atoms with Crippen LogP contribution in [0.15, 0.2) is 0 Å². The molecule has 2 aromatic heterocycles. The van der Waals surface area contributed by atoms with Crippen molar-refractivity contribution in [3.8, 4) is 0 Å². The maximum atomic E-state index is 4.91. The van der Waals surface area contributed by atoms with Gasteiger partial charge in [0.2, 0.25) is 0 Å². The van der Waals surface area contributed by atoms with Gasteiger partial charge in [-0.3, -0.25) is 9.30 Å². The van der Waals surface area contributed by atoms with Gasteiger partial charge in [-0.2, -0.15) is 0 Å². The van der Waals surface area contributed by atoms with Crippen LogP contribution in [0.2, 0.25) is 0 Å². The Balaban J connectivity index is 1.85. The molecule has 3 nitrogen and oxygen atoms in total. The van der Waals surface area contributed by atoms with Crippen LogP contribution < -0.4 is 0 Å². The van der Waals surface area contributed by atoms with Crippen LogP contribution in [0.25, 0.3) is 4.96 Å². The van der Waals surface area contributed by atoms with E-state index in [0.717, 1.165) is 19.5 Å². The van der Waals surface area contributed by atoms with E-state index < -0.39 is 0 Å². The van der Waals surface area contributed by atoms with Gasteiger partial charge in [0.25, 0.3) is 0 Å². The van der Waals surface area contributed by atoms with Crippen molar-refractivity contribution in [1.82, 2.24) is 14.3 Å². The molecule has 0 saturated carbocycles. The van der Waals surface area contributed by atoms with E-state index in [4.69, 9.17) is 4.98 Å². The van der Waals surface area contributed by atoms with Gasteiger partial charge in [-0.05, 0) is 39.5 Å². The molecular weight excluding hydrogens is 254 g/mol. The lowest BCUT2D eigenvalue weighted by atomic mass is 10.0. The van der Waals surface area contributed by atoms with Gasteiger partial charge in [-0.1, -0.05) is 0 Å². The Bertz CT molecular complexity index is 623. The first-order valence-electron chi connectivity index (χ1n) is 7.49. The number of aryl methyl sites for hydroxylation is 2. The molecule has 0 spiro atoms. The Hall–Kier alpha value is -0.870. The van der Waals surface area contributed by atoms with Gasteiger partial charge >= 0.3 is 0 Å². The molecule has 3 heterocycles. The van der Waals surface area contributed by atoms with E-state index in [0.29, 0.717) is 6.04 Å². The zero-order chi connectivity index (χ0) is 13.0. The summed E-state index contributed by atoms with van der Waals surface area (Å²) in [6, 6.07) is 0.633. The van der Waals surface area contributed by atoms with Crippen LogP contribution in [0.5, 0.6) is 0 Å². The largest absolute Gasteiger partial charge is 0.295 e. The third-order valence-electron chi connectivity index (χ3n) is 4.62. The molecule has 0 fully saturated rings. The molecule has 0 saturated heterocycles. The summed E-state index contributed by atoms with van der Waals surface area (Å²) in [6.45, 7) is 6.84. The Kier molecular flexibility index (Phi) is 2.71. The average molecular weight is 275 g/mol. The highest BCUT2D eigenvalue weighted by Gasteiger charge is 2.27. The third kappa shape index (κ3) is 1.77. The summed E-state index contributed by atoms with van der Waals surface area (Å²) < 4.78 is 2.50. The van der Waals surface area contributed by atoms with Crippen LogP contribution in [0.4, 0.5) is 0 Å². The predicted octanol–water partition coefficient (Wildman–Crippen LogP) is 3.04. The standard InChI is InChI=1S/C15H21N3S/c1-10(2)17-8-7-11-13(9-17)18-12-5-3-4-6-14(12)19-15(18)16-11/h10H,3-9H2,1-2H3.